The quantitative estimate of drug-likeness (QED) is 0.0913. The number of hydrogen-bond donors (Lipinski definition) is 11. The lowest BCUT2D eigenvalue weighted by atomic mass is 9.99. The molecule has 3 aromatic rings. The second kappa shape index (κ2) is 32.6. The van der Waals surface area contributed by atoms with E-state index in [1.165, 1.54) is 4.90 Å². The van der Waals surface area contributed by atoms with Gasteiger partial charge >= 0.3 is 0 Å². The van der Waals surface area contributed by atoms with Crippen LogP contribution in [0, 0.1) is 23.7 Å². The molecule has 0 spiro atoms. The number of rotatable bonds is 17. The van der Waals surface area contributed by atoms with Crippen LogP contribution < -0.4 is 54.0 Å². The van der Waals surface area contributed by atoms with E-state index in [-0.39, 0.29) is 89.6 Å². The van der Waals surface area contributed by atoms with Crippen molar-refractivity contribution in [3.63, 3.8) is 0 Å². The largest absolute Gasteiger partial charge is 0.387 e. The maximum Gasteiger partial charge on any atom is 0.252 e. The van der Waals surface area contributed by atoms with E-state index in [1.54, 1.807) is 52.0 Å². The van der Waals surface area contributed by atoms with Crippen LogP contribution in [0.25, 0.3) is 10.8 Å². The second-order valence-corrected chi connectivity index (χ2v) is 24.6. The van der Waals surface area contributed by atoms with E-state index < -0.39 is 138 Å². The van der Waals surface area contributed by atoms with E-state index in [9.17, 15) is 48.3 Å². The van der Waals surface area contributed by atoms with Gasteiger partial charge in [0.05, 0.1) is 6.61 Å². The molecule has 3 aromatic carbocycles. The van der Waals surface area contributed by atoms with Crippen molar-refractivity contribution in [3.05, 3.63) is 83.9 Å². The molecule has 0 aliphatic carbocycles. The topological polar surface area (TPSA) is 344 Å². The SMILES string of the molecule is CC(C)C[C@@H]1NC(=O)[C@H](CCCN)NC(=O)[C@H](C(C)C)NC(=O)[C@@H]2CCCN2C(=O)[C@@H](Cc2ccccc2)NC(=O)[C@H](CC(C)C)NC(=O)[C@H](CCCN)NC(=O)[C@H](C(C)C)NC(=O)[C@@H]2O[C@H](CNC1=O)[C@@H](OCc1ccc3ccccc3c1)[C@@H]2O. The maximum atomic E-state index is 14.9. The Hall–Kier alpha value is -7.05. The first-order valence-electron chi connectivity index (χ1n) is 30.6. The molecule has 12 atom stereocenters. The third kappa shape index (κ3) is 19.0. The molecule has 3 fully saturated rings. The fourth-order valence-electron chi connectivity index (χ4n) is 11.2. The number of aliphatic hydroxyl groups excluding tert-OH is 1. The summed E-state index contributed by atoms with van der Waals surface area (Å²) in [6, 6.07) is 12.8. The molecule has 0 saturated carbocycles. The summed E-state index contributed by atoms with van der Waals surface area (Å²) >= 11 is 0. The zero-order valence-electron chi connectivity index (χ0n) is 51.1. The van der Waals surface area contributed by atoms with Crippen LogP contribution in [-0.4, -0.2) is 162 Å². The zero-order valence-corrected chi connectivity index (χ0v) is 51.1. The molecule has 9 amide bonds. The van der Waals surface area contributed by atoms with Gasteiger partial charge in [-0.15, -0.1) is 0 Å². The molecule has 23 heteroatoms. The van der Waals surface area contributed by atoms with Gasteiger partial charge in [0, 0.05) is 19.5 Å². The van der Waals surface area contributed by atoms with E-state index >= 15 is 0 Å². The van der Waals surface area contributed by atoms with Gasteiger partial charge in [-0.05, 0) is 116 Å². The average Bonchev–Trinajstić information content (AvgIpc) is 2.54. The highest BCUT2D eigenvalue weighted by Gasteiger charge is 2.49. The van der Waals surface area contributed by atoms with Crippen LogP contribution >= 0.6 is 0 Å². The van der Waals surface area contributed by atoms with Gasteiger partial charge in [0.2, 0.25) is 47.3 Å². The van der Waals surface area contributed by atoms with Gasteiger partial charge in [0.25, 0.3) is 5.91 Å². The Labute approximate surface area is 505 Å². The van der Waals surface area contributed by atoms with Crippen molar-refractivity contribution < 1.29 is 57.7 Å². The van der Waals surface area contributed by atoms with E-state index in [0.29, 0.717) is 18.4 Å². The number of fused-ring (bicyclic) bond motifs is 4. The number of benzene rings is 3. The molecule has 3 heterocycles. The molecule has 23 nitrogen and oxygen atoms in total. The average molecular weight is 1200 g/mol. The minimum Gasteiger partial charge on any atom is -0.387 e. The number of aliphatic hydroxyl groups is 1. The molecule has 6 rings (SSSR count). The number of carbonyl (C=O) groups excluding carboxylic acids is 9. The summed E-state index contributed by atoms with van der Waals surface area (Å²) in [5, 5.41) is 36.5. The van der Waals surface area contributed by atoms with Crippen molar-refractivity contribution >= 4 is 63.9 Å². The number of nitrogens with two attached hydrogens (primary N) is 2. The number of hydrogen-bond acceptors (Lipinski definition) is 14. The van der Waals surface area contributed by atoms with E-state index in [0.717, 1.165) is 16.3 Å². The molecule has 0 radical (unpaired) electrons. The molecule has 472 valence electrons. The normalized spacial score (nSPS) is 27.5. The molecule has 2 bridgehead atoms. The van der Waals surface area contributed by atoms with Crippen molar-refractivity contribution in [2.75, 3.05) is 26.2 Å². The minimum absolute atomic E-state index is 0.0155. The van der Waals surface area contributed by atoms with Crippen LogP contribution in [0.3, 0.4) is 0 Å². The number of carbonyl (C=O) groups is 9. The molecular formula is C63H93N11O12. The Morgan fingerprint density at radius 3 is 1.64 bits per heavy atom. The Kier molecular flexibility index (Phi) is 25.8. The minimum atomic E-state index is -1.64. The smallest absolute Gasteiger partial charge is 0.252 e. The highest BCUT2D eigenvalue weighted by molar-refractivity contribution is 5.99. The van der Waals surface area contributed by atoms with Gasteiger partial charge in [-0.1, -0.05) is 122 Å². The molecular weight excluding hydrogens is 1100 g/mol. The van der Waals surface area contributed by atoms with Gasteiger partial charge < -0.3 is 73.5 Å². The third-order valence-electron chi connectivity index (χ3n) is 15.9. The highest BCUT2D eigenvalue weighted by Crippen LogP contribution is 2.28. The lowest BCUT2D eigenvalue weighted by Crippen LogP contribution is -2.61. The molecule has 0 unspecified atom stereocenters. The fraction of sp³-hybridized carbons (Fsp3) is 0.603. The van der Waals surface area contributed by atoms with Crippen molar-refractivity contribution in [1.29, 1.82) is 0 Å². The standard InChI is InChI=1S/C63H93N11O12/c1-35(2)29-45-55(76)66-33-49-53(85-34-40-24-25-41-19-12-13-20-42(41)31-40)52(75)54(86-49)62(83)73-51(38(7)8)61(82)68-44(22-15-27-65)57(78)70-46(30-36(3)4)58(79)71-47(32-39-17-10-9-11-18-39)63(84)74-28-16-23-48(74)59(80)72-50(37(5)6)60(81)67-43(21-14-26-64)56(77)69-45/h9-13,17-20,24-25,31,35-38,43-54,75H,14-16,21-23,26-30,32-34,64-65H2,1-8H3,(H,66,76)(H,67,81)(H,68,82)(H,69,77)(H,70,78)(H,71,79)(H,72,80)(H,73,83)/t43-,44-,45-,46-,47+,48-,49+,50-,51-,52-,53+,54+/m0/s1. The summed E-state index contributed by atoms with van der Waals surface area (Å²) in [4.78, 5) is 132. The van der Waals surface area contributed by atoms with Crippen LogP contribution in [-0.2, 0) is 65.7 Å². The zero-order chi connectivity index (χ0) is 62.8. The molecule has 3 aliphatic heterocycles. The Morgan fingerprint density at radius 1 is 0.570 bits per heavy atom. The Bertz CT molecular complexity index is 2800. The third-order valence-corrected chi connectivity index (χ3v) is 15.9. The fourth-order valence-corrected chi connectivity index (χ4v) is 11.2. The van der Waals surface area contributed by atoms with Crippen LogP contribution in [0.2, 0.25) is 0 Å². The summed E-state index contributed by atoms with van der Waals surface area (Å²) in [7, 11) is 0. The van der Waals surface area contributed by atoms with Crippen LogP contribution in [0.1, 0.15) is 118 Å². The van der Waals surface area contributed by atoms with Gasteiger partial charge in [-0.3, -0.25) is 43.2 Å². The molecule has 86 heavy (non-hydrogen) atoms. The van der Waals surface area contributed by atoms with E-state index in [4.69, 9.17) is 20.9 Å². The highest BCUT2D eigenvalue weighted by atomic mass is 16.6. The molecule has 3 saturated heterocycles. The summed E-state index contributed by atoms with van der Waals surface area (Å²) < 4.78 is 12.6. The number of nitrogens with one attached hydrogen (secondary N) is 8. The maximum absolute atomic E-state index is 14.9. The van der Waals surface area contributed by atoms with Crippen LogP contribution in [0.4, 0.5) is 0 Å². The van der Waals surface area contributed by atoms with Crippen LogP contribution in [0.5, 0.6) is 0 Å². The van der Waals surface area contributed by atoms with Gasteiger partial charge in [-0.2, -0.15) is 0 Å². The second-order valence-electron chi connectivity index (χ2n) is 24.6. The monoisotopic (exact) mass is 1200 g/mol. The summed E-state index contributed by atoms with van der Waals surface area (Å²) in [5.74, 6) is -7.65. The van der Waals surface area contributed by atoms with Crippen LogP contribution in [0.15, 0.2) is 72.8 Å². The Balaban J connectivity index is 1.37. The predicted octanol–water partition coefficient (Wildman–Crippen LogP) is 1.49. The number of ether oxygens (including phenoxy) is 2. The molecule has 13 N–H and O–H groups in total. The summed E-state index contributed by atoms with van der Waals surface area (Å²) in [5.41, 5.74) is 13.3. The first kappa shape index (κ1) is 68.1. The van der Waals surface area contributed by atoms with Gasteiger partial charge in [-0.25, -0.2) is 0 Å². The summed E-state index contributed by atoms with van der Waals surface area (Å²) in [6.07, 6.45) is -3.99. The lowest BCUT2D eigenvalue weighted by Gasteiger charge is -2.32. The van der Waals surface area contributed by atoms with E-state index in [2.05, 4.69) is 42.5 Å². The lowest BCUT2D eigenvalue weighted by molar-refractivity contribution is -0.143. The number of amides is 9. The molecule has 3 aliphatic rings. The van der Waals surface area contributed by atoms with Gasteiger partial charge in [0.15, 0.2) is 6.10 Å². The Morgan fingerprint density at radius 2 is 1.08 bits per heavy atom. The first-order chi connectivity index (χ1) is 41.0. The van der Waals surface area contributed by atoms with Gasteiger partial charge in [0.1, 0.15) is 66.6 Å². The number of nitrogens with zero attached hydrogens (tertiary/aromatic N) is 1. The van der Waals surface area contributed by atoms with Crippen molar-refractivity contribution in [2.45, 2.75) is 193 Å². The first-order valence-corrected chi connectivity index (χ1v) is 30.6. The van der Waals surface area contributed by atoms with Crippen molar-refractivity contribution in [3.8, 4) is 0 Å². The van der Waals surface area contributed by atoms with Crippen molar-refractivity contribution in [1.82, 2.24) is 47.4 Å². The van der Waals surface area contributed by atoms with Crippen molar-refractivity contribution in [2.24, 2.45) is 35.1 Å². The molecule has 0 aromatic heterocycles. The predicted molar refractivity (Wildman–Crippen MR) is 324 cm³/mol. The van der Waals surface area contributed by atoms with E-state index in [1.807, 2.05) is 76.2 Å². The summed E-state index contributed by atoms with van der Waals surface area (Å²) in [6.45, 7) is 14.4.